The molecule has 2 aromatic carbocycles. The minimum absolute atomic E-state index is 0.686. The molecule has 0 heterocycles. The van der Waals surface area contributed by atoms with Gasteiger partial charge in [0.05, 0.1) is 7.11 Å². The number of hydrogen-bond acceptors (Lipinski definition) is 2. The van der Waals surface area contributed by atoms with Crippen molar-refractivity contribution in [3.63, 3.8) is 0 Å². The van der Waals surface area contributed by atoms with E-state index < -0.39 is 0 Å². The SMILES string of the molecule is COc1cc2ccccc2cc1[B]O. The van der Waals surface area contributed by atoms with Crippen LogP contribution in [-0.2, 0) is 0 Å². The molecule has 69 valence electrons. The zero-order valence-corrected chi connectivity index (χ0v) is 7.90. The molecule has 0 spiro atoms. The third-order valence-electron chi connectivity index (χ3n) is 2.24. The van der Waals surface area contributed by atoms with Gasteiger partial charge in [0, 0.05) is 0 Å². The molecule has 0 atom stereocenters. The molecule has 3 heteroatoms. The minimum Gasteiger partial charge on any atom is -0.497 e. The van der Waals surface area contributed by atoms with E-state index in [0.717, 1.165) is 18.3 Å². The van der Waals surface area contributed by atoms with E-state index in [1.165, 1.54) is 0 Å². The number of rotatable bonds is 2. The fraction of sp³-hybridized carbons (Fsp3) is 0.0909. The summed E-state index contributed by atoms with van der Waals surface area (Å²) in [4.78, 5) is 0. The molecule has 0 aliphatic rings. The van der Waals surface area contributed by atoms with Crippen molar-refractivity contribution >= 4 is 23.7 Å². The highest BCUT2D eigenvalue weighted by Gasteiger charge is 2.04. The van der Waals surface area contributed by atoms with Crippen LogP contribution in [0.5, 0.6) is 5.75 Å². The first-order chi connectivity index (χ1) is 6.85. The quantitative estimate of drug-likeness (QED) is 0.709. The number of methoxy groups -OCH3 is 1. The second-order valence-corrected chi connectivity index (χ2v) is 3.07. The van der Waals surface area contributed by atoms with Crippen LogP contribution in [0.4, 0.5) is 0 Å². The molecule has 0 saturated heterocycles. The molecule has 0 amide bonds. The van der Waals surface area contributed by atoms with Crippen molar-refractivity contribution in [2.45, 2.75) is 0 Å². The van der Waals surface area contributed by atoms with Gasteiger partial charge in [0.25, 0.3) is 0 Å². The van der Waals surface area contributed by atoms with Gasteiger partial charge in [-0.2, -0.15) is 0 Å². The van der Waals surface area contributed by atoms with Crippen molar-refractivity contribution in [1.29, 1.82) is 0 Å². The zero-order chi connectivity index (χ0) is 9.97. The van der Waals surface area contributed by atoms with Crippen molar-refractivity contribution in [3.05, 3.63) is 36.4 Å². The topological polar surface area (TPSA) is 29.5 Å². The average molecular weight is 185 g/mol. The predicted octanol–water partition coefficient (Wildman–Crippen LogP) is 1.09. The summed E-state index contributed by atoms with van der Waals surface area (Å²) in [5, 5.41) is 11.2. The van der Waals surface area contributed by atoms with E-state index in [2.05, 4.69) is 0 Å². The van der Waals surface area contributed by atoms with Crippen LogP contribution in [0.1, 0.15) is 0 Å². The number of fused-ring (bicyclic) bond motifs is 1. The minimum atomic E-state index is 0.686. The Bertz CT molecular complexity index is 411. The van der Waals surface area contributed by atoms with E-state index in [1.807, 2.05) is 36.4 Å². The van der Waals surface area contributed by atoms with Gasteiger partial charge in [-0.15, -0.1) is 0 Å². The van der Waals surface area contributed by atoms with Crippen molar-refractivity contribution < 1.29 is 9.76 Å². The van der Waals surface area contributed by atoms with Crippen LogP contribution in [0.15, 0.2) is 36.4 Å². The molecule has 1 N–H and O–H groups in total. The number of hydrogen-bond donors (Lipinski definition) is 1. The Morgan fingerprint density at radius 2 is 1.79 bits per heavy atom. The van der Waals surface area contributed by atoms with E-state index in [-0.39, 0.29) is 0 Å². The standard InChI is InChI=1S/C11H10BO2/c1-14-11-7-9-5-3-2-4-8(9)6-10(11)12-13/h2-7,13H,1H3. The average Bonchev–Trinajstić information content (AvgIpc) is 2.27. The van der Waals surface area contributed by atoms with Crippen molar-refractivity contribution in [2.24, 2.45) is 0 Å². The lowest BCUT2D eigenvalue weighted by molar-refractivity contribution is 0.418. The smallest absolute Gasteiger partial charge is 0.330 e. The van der Waals surface area contributed by atoms with Crippen LogP contribution >= 0.6 is 0 Å². The first kappa shape index (κ1) is 9.09. The molecule has 0 bridgehead atoms. The van der Waals surface area contributed by atoms with Crippen LogP contribution in [0.3, 0.4) is 0 Å². The molecule has 0 aliphatic heterocycles. The highest BCUT2D eigenvalue weighted by atomic mass is 16.5. The second-order valence-electron chi connectivity index (χ2n) is 3.07. The molecule has 2 nitrogen and oxygen atoms in total. The summed E-state index contributed by atoms with van der Waals surface area (Å²) in [6.45, 7) is 0. The first-order valence-electron chi connectivity index (χ1n) is 4.39. The Morgan fingerprint density at radius 1 is 1.14 bits per heavy atom. The van der Waals surface area contributed by atoms with Crippen LogP contribution in [0.2, 0.25) is 0 Å². The maximum atomic E-state index is 9.00. The summed E-state index contributed by atoms with van der Waals surface area (Å²) < 4.78 is 5.15. The predicted molar refractivity (Wildman–Crippen MR) is 58.1 cm³/mol. The zero-order valence-electron chi connectivity index (χ0n) is 7.90. The third kappa shape index (κ3) is 1.47. The van der Waals surface area contributed by atoms with Gasteiger partial charge in [0.15, 0.2) is 0 Å². The molecule has 0 saturated carbocycles. The maximum Gasteiger partial charge on any atom is 0.330 e. The van der Waals surface area contributed by atoms with Gasteiger partial charge >= 0.3 is 7.48 Å². The van der Waals surface area contributed by atoms with Gasteiger partial charge in [-0.25, -0.2) is 0 Å². The Hall–Kier alpha value is -1.48. The molecule has 0 fully saturated rings. The van der Waals surface area contributed by atoms with Crippen LogP contribution < -0.4 is 10.2 Å². The van der Waals surface area contributed by atoms with E-state index in [1.54, 1.807) is 7.11 Å². The summed E-state index contributed by atoms with van der Waals surface area (Å²) in [5.74, 6) is 0.686. The summed E-state index contributed by atoms with van der Waals surface area (Å²) >= 11 is 0. The number of ether oxygens (including phenoxy) is 1. The molecule has 0 aromatic heterocycles. The monoisotopic (exact) mass is 185 g/mol. The normalized spacial score (nSPS) is 10.1. The molecule has 0 unspecified atom stereocenters. The summed E-state index contributed by atoms with van der Waals surface area (Å²) in [7, 11) is 2.66. The second kappa shape index (κ2) is 3.72. The Labute approximate surface area is 83.4 Å². The molecule has 2 rings (SSSR count). The van der Waals surface area contributed by atoms with Crippen LogP contribution in [0, 0.1) is 0 Å². The van der Waals surface area contributed by atoms with E-state index in [0.29, 0.717) is 11.2 Å². The van der Waals surface area contributed by atoms with Gasteiger partial charge in [-0.1, -0.05) is 30.3 Å². The lowest BCUT2D eigenvalue weighted by atomic mass is 9.86. The molecule has 0 aliphatic carbocycles. The van der Waals surface area contributed by atoms with Gasteiger partial charge in [0.2, 0.25) is 0 Å². The van der Waals surface area contributed by atoms with E-state index in [4.69, 9.17) is 9.76 Å². The Balaban J connectivity index is 2.69. The maximum absolute atomic E-state index is 9.00. The lowest BCUT2D eigenvalue weighted by Gasteiger charge is -2.07. The molecule has 14 heavy (non-hydrogen) atoms. The number of benzene rings is 2. The summed E-state index contributed by atoms with van der Waals surface area (Å²) in [6.07, 6.45) is 0. The van der Waals surface area contributed by atoms with E-state index in [9.17, 15) is 0 Å². The first-order valence-corrected chi connectivity index (χ1v) is 4.39. The summed E-state index contributed by atoms with van der Waals surface area (Å²) in [6, 6.07) is 11.8. The third-order valence-corrected chi connectivity index (χ3v) is 2.24. The van der Waals surface area contributed by atoms with Gasteiger partial charge in [-0.05, 0) is 22.3 Å². The van der Waals surface area contributed by atoms with Crippen molar-refractivity contribution in [1.82, 2.24) is 0 Å². The molecular formula is C11H10BO2. The summed E-state index contributed by atoms with van der Waals surface area (Å²) in [5.41, 5.74) is 0.700. The molecule has 1 radical (unpaired) electrons. The van der Waals surface area contributed by atoms with Crippen LogP contribution in [0.25, 0.3) is 10.8 Å². The largest absolute Gasteiger partial charge is 0.497 e. The van der Waals surface area contributed by atoms with Crippen molar-refractivity contribution in [2.75, 3.05) is 7.11 Å². The molecular weight excluding hydrogens is 175 g/mol. The fourth-order valence-corrected chi connectivity index (χ4v) is 1.51. The lowest BCUT2D eigenvalue weighted by Crippen LogP contribution is -2.16. The van der Waals surface area contributed by atoms with Gasteiger partial charge in [-0.3, -0.25) is 0 Å². The van der Waals surface area contributed by atoms with Gasteiger partial charge in [0.1, 0.15) is 5.75 Å². The highest BCUT2D eigenvalue weighted by Crippen LogP contribution is 2.18. The molecule has 2 aromatic rings. The van der Waals surface area contributed by atoms with Gasteiger partial charge < -0.3 is 9.76 Å². The van der Waals surface area contributed by atoms with Crippen molar-refractivity contribution in [3.8, 4) is 5.75 Å². The fourth-order valence-electron chi connectivity index (χ4n) is 1.51. The Kier molecular flexibility index (Phi) is 2.42. The van der Waals surface area contributed by atoms with E-state index >= 15 is 0 Å². The highest BCUT2D eigenvalue weighted by molar-refractivity contribution is 6.47. The van der Waals surface area contributed by atoms with Crippen LogP contribution in [-0.4, -0.2) is 19.6 Å². The Morgan fingerprint density at radius 3 is 2.36 bits per heavy atom.